The van der Waals surface area contributed by atoms with Crippen LogP contribution in [0.1, 0.15) is 201 Å². The molecule has 0 bridgehead atoms. The Morgan fingerprint density at radius 1 is 0.489 bits per heavy atom. The van der Waals surface area contributed by atoms with Crippen LogP contribution in [0.2, 0.25) is 0 Å². The predicted molar refractivity (Wildman–Crippen MR) is 184 cm³/mol. The highest BCUT2D eigenvalue weighted by molar-refractivity contribution is 5.70. The molecule has 45 heavy (non-hydrogen) atoms. The quantitative estimate of drug-likeness (QED) is 0.0405. The highest BCUT2D eigenvalue weighted by atomic mass is 16.6. The Balaban J connectivity index is 1.28. The van der Waals surface area contributed by atoms with E-state index in [1.165, 1.54) is 128 Å². The summed E-state index contributed by atoms with van der Waals surface area (Å²) in [6, 6.07) is 0. The van der Waals surface area contributed by atoms with Crippen molar-refractivity contribution in [2.75, 3.05) is 6.61 Å². The second kappa shape index (κ2) is 26.9. The fourth-order valence-electron chi connectivity index (χ4n) is 6.52. The molecule has 2 heterocycles. The van der Waals surface area contributed by atoms with E-state index < -0.39 is 0 Å². The summed E-state index contributed by atoms with van der Waals surface area (Å²) in [7, 11) is 0. The lowest BCUT2D eigenvalue weighted by Gasteiger charge is -2.13. The minimum Gasteiger partial charge on any atom is -0.462 e. The van der Waals surface area contributed by atoms with Gasteiger partial charge in [0.05, 0.1) is 24.4 Å². The van der Waals surface area contributed by atoms with Gasteiger partial charge in [0, 0.05) is 12.8 Å². The second-order valence-electron chi connectivity index (χ2n) is 14.1. The lowest BCUT2D eigenvalue weighted by Crippen LogP contribution is -2.22. The largest absolute Gasteiger partial charge is 0.462 e. The number of carbonyl (C=O) groups is 2. The summed E-state index contributed by atoms with van der Waals surface area (Å²) in [5.74, 6) is -0.375. The van der Waals surface area contributed by atoms with Gasteiger partial charge in [-0.1, -0.05) is 142 Å². The van der Waals surface area contributed by atoms with Gasteiger partial charge in [-0.3, -0.25) is 9.59 Å². The number of ether oxygens (including phenoxy) is 4. The SMILES string of the molecule is CCCCCCCCC1OC1CCCCCCCC(=O)OCC(C)OC(=O)CCCCCCCC1OC1CCCCCCCC. The summed E-state index contributed by atoms with van der Waals surface area (Å²) in [6.45, 7) is 6.48. The second-order valence-corrected chi connectivity index (χ2v) is 14.1. The van der Waals surface area contributed by atoms with Gasteiger partial charge >= 0.3 is 11.9 Å². The summed E-state index contributed by atoms with van der Waals surface area (Å²) in [6.07, 6.45) is 34.7. The first-order valence-corrected chi connectivity index (χ1v) is 19.7. The Bertz CT molecular complexity index is 726. The fraction of sp³-hybridized carbons (Fsp3) is 0.949. The van der Waals surface area contributed by atoms with E-state index in [4.69, 9.17) is 18.9 Å². The van der Waals surface area contributed by atoms with Gasteiger partial charge in [0.2, 0.25) is 0 Å². The molecule has 2 fully saturated rings. The third-order valence-electron chi connectivity index (χ3n) is 9.61. The Labute approximate surface area is 277 Å². The molecule has 6 nitrogen and oxygen atoms in total. The van der Waals surface area contributed by atoms with Crippen molar-refractivity contribution in [3.8, 4) is 0 Å². The Hall–Kier alpha value is -1.14. The molecule has 2 aliphatic heterocycles. The van der Waals surface area contributed by atoms with Crippen LogP contribution in [-0.2, 0) is 28.5 Å². The van der Waals surface area contributed by atoms with E-state index >= 15 is 0 Å². The molecule has 5 unspecified atom stereocenters. The first kappa shape index (κ1) is 40.0. The molecule has 0 aromatic carbocycles. The van der Waals surface area contributed by atoms with Gasteiger partial charge in [-0.05, 0) is 45.4 Å². The minimum atomic E-state index is -0.390. The van der Waals surface area contributed by atoms with Gasteiger partial charge < -0.3 is 18.9 Å². The van der Waals surface area contributed by atoms with Crippen LogP contribution < -0.4 is 0 Å². The zero-order chi connectivity index (χ0) is 32.4. The molecule has 0 saturated carbocycles. The molecule has 6 heteroatoms. The van der Waals surface area contributed by atoms with Crippen LogP contribution in [-0.4, -0.2) is 49.1 Å². The summed E-state index contributed by atoms with van der Waals surface area (Å²) < 4.78 is 22.5. The number of esters is 2. The third kappa shape index (κ3) is 22.9. The van der Waals surface area contributed by atoms with Gasteiger partial charge in [-0.25, -0.2) is 0 Å². The summed E-state index contributed by atoms with van der Waals surface area (Å²) in [4.78, 5) is 24.2. The molecule has 0 amide bonds. The van der Waals surface area contributed by atoms with Crippen LogP contribution in [0, 0.1) is 0 Å². The van der Waals surface area contributed by atoms with Crippen LogP contribution in [0.5, 0.6) is 0 Å². The lowest BCUT2D eigenvalue weighted by atomic mass is 10.0. The molecule has 0 aliphatic carbocycles. The average Bonchev–Trinajstić information content (AvgIpc) is 3.95. The number of unbranched alkanes of at least 4 members (excludes halogenated alkanes) is 18. The zero-order valence-corrected chi connectivity index (χ0v) is 29.8. The van der Waals surface area contributed by atoms with Crippen molar-refractivity contribution in [2.45, 2.75) is 231 Å². The Morgan fingerprint density at radius 2 is 0.822 bits per heavy atom. The molecule has 0 N–H and O–H groups in total. The highest BCUT2D eigenvalue weighted by Crippen LogP contribution is 2.33. The fourth-order valence-corrected chi connectivity index (χ4v) is 6.52. The van der Waals surface area contributed by atoms with E-state index in [1.54, 1.807) is 6.92 Å². The van der Waals surface area contributed by atoms with Gasteiger partial charge in [-0.2, -0.15) is 0 Å². The van der Waals surface area contributed by atoms with E-state index in [1.807, 2.05) is 0 Å². The first-order chi connectivity index (χ1) is 22.0. The molecule has 0 aromatic rings. The molecule has 5 atom stereocenters. The van der Waals surface area contributed by atoms with E-state index in [0.717, 1.165) is 38.5 Å². The van der Waals surface area contributed by atoms with E-state index in [-0.39, 0.29) is 24.6 Å². The van der Waals surface area contributed by atoms with Crippen LogP contribution in [0.15, 0.2) is 0 Å². The third-order valence-corrected chi connectivity index (χ3v) is 9.61. The average molecular weight is 637 g/mol. The van der Waals surface area contributed by atoms with Crippen LogP contribution in [0.4, 0.5) is 0 Å². The molecule has 0 radical (unpaired) electrons. The summed E-state index contributed by atoms with van der Waals surface area (Å²) in [5.41, 5.74) is 0. The van der Waals surface area contributed by atoms with Crippen molar-refractivity contribution in [1.82, 2.24) is 0 Å². The Morgan fingerprint density at radius 3 is 1.22 bits per heavy atom. The van der Waals surface area contributed by atoms with E-state index in [9.17, 15) is 9.59 Å². The van der Waals surface area contributed by atoms with Gasteiger partial charge in [0.15, 0.2) is 0 Å². The molecule has 2 rings (SSSR count). The molecular weight excluding hydrogens is 564 g/mol. The molecule has 264 valence electrons. The standard InChI is InChI=1S/C39H72O6/c1-4-6-8-10-14-20-26-34-36(44-34)28-22-16-12-18-24-30-38(40)42-32-33(3)43-39(41)31-25-19-13-17-23-29-37-35(45-37)27-21-15-11-9-7-5-2/h33-37H,4-32H2,1-3H3. The van der Waals surface area contributed by atoms with Crippen molar-refractivity contribution in [1.29, 1.82) is 0 Å². The van der Waals surface area contributed by atoms with Crippen LogP contribution >= 0.6 is 0 Å². The lowest BCUT2D eigenvalue weighted by molar-refractivity contribution is -0.158. The number of hydrogen-bond acceptors (Lipinski definition) is 6. The minimum absolute atomic E-state index is 0.148. The number of hydrogen-bond donors (Lipinski definition) is 0. The van der Waals surface area contributed by atoms with Crippen LogP contribution in [0.25, 0.3) is 0 Å². The molecule has 0 spiro atoms. The molecule has 2 saturated heterocycles. The van der Waals surface area contributed by atoms with Crippen LogP contribution in [0.3, 0.4) is 0 Å². The van der Waals surface area contributed by atoms with Gasteiger partial charge in [-0.15, -0.1) is 0 Å². The topological polar surface area (TPSA) is 77.7 Å². The first-order valence-electron chi connectivity index (χ1n) is 19.7. The Kier molecular flexibility index (Phi) is 23.9. The summed E-state index contributed by atoms with van der Waals surface area (Å²) >= 11 is 0. The number of rotatable bonds is 33. The molecular formula is C39H72O6. The normalized spacial score (nSPS) is 21.0. The van der Waals surface area contributed by atoms with E-state index in [0.29, 0.717) is 37.3 Å². The van der Waals surface area contributed by atoms with Crippen molar-refractivity contribution in [3.63, 3.8) is 0 Å². The van der Waals surface area contributed by atoms with Crippen molar-refractivity contribution >= 4 is 11.9 Å². The molecule has 0 aromatic heterocycles. The predicted octanol–water partition coefficient (Wildman–Crippen LogP) is 11.0. The van der Waals surface area contributed by atoms with E-state index in [2.05, 4.69) is 13.8 Å². The maximum absolute atomic E-state index is 12.1. The van der Waals surface area contributed by atoms with Crippen molar-refractivity contribution in [3.05, 3.63) is 0 Å². The van der Waals surface area contributed by atoms with Crippen molar-refractivity contribution < 1.29 is 28.5 Å². The van der Waals surface area contributed by atoms with Gasteiger partial charge in [0.25, 0.3) is 0 Å². The number of carbonyl (C=O) groups excluding carboxylic acids is 2. The van der Waals surface area contributed by atoms with Crippen molar-refractivity contribution in [2.24, 2.45) is 0 Å². The maximum atomic E-state index is 12.1. The van der Waals surface area contributed by atoms with Gasteiger partial charge in [0.1, 0.15) is 12.7 Å². The monoisotopic (exact) mass is 637 g/mol. The summed E-state index contributed by atoms with van der Waals surface area (Å²) in [5, 5.41) is 0. The highest BCUT2D eigenvalue weighted by Gasteiger charge is 2.37. The molecule has 2 aliphatic rings. The maximum Gasteiger partial charge on any atom is 0.306 e. The number of epoxide rings is 2. The zero-order valence-electron chi connectivity index (χ0n) is 29.8. The smallest absolute Gasteiger partial charge is 0.306 e.